The van der Waals surface area contributed by atoms with Gasteiger partial charge in [0.15, 0.2) is 0 Å². The summed E-state index contributed by atoms with van der Waals surface area (Å²) in [5, 5.41) is 11.6. The molecule has 0 radical (unpaired) electrons. The Hall–Kier alpha value is -1.82. The zero-order valence-corrected chi connectivity index (χ0v) is 8.58. The predicted molar refractivity (Wildman–Crippen MR) is 57.3 cm³/mol. The molecule has 2 rings (SSSR count). The molecule has 1 aromatic carbocycles. The average molecular weight is 222 g/mol. The molecule has 0 fully saturated rings. The van der Waals surface area contributed by atoms with Gasteiger partial charge in [-0.25, -0.2) is 4.98 Å². The van der Waals surface area contributed by atoms with Crippen LogP contribution in [-0.2, 0) is 0 Å². The van der Waals surface area contributed by atoms with Crippen molar-refractivity contribution in [2.45, 2.75) is 6.92 Å². The second-order valence-electron chi connectivity index (χ2n) is 2.95. The first-order valence-electron chi connectivity index (χ1n) is 4.14. The minimum absolute atomic E-state index is 0.0416. The standard InChI is InChI=1S/C9H6N2O3S/c1-5-10-9(12)6-3-2-4-7(11(13)14)8(6)15-5/h2-4H,1H3. The molecular weight excluding hydrogens is 216 g/mol. The molecule has 15 heavy (non-hydrogen) atoms. The van der Waals surface area contributed by atoms with E-state index in [0.29, 0.717) is 15.1 Å². The fourth-order valence-electron chi connectivity index (χ4n) is 1.32. The number of nitro benzene ring substituents is 1. The van der Waals surface area contributed by atoms with Crippen LogP contribution in [-0.4, -0.2) is 9.91 Å². The summed E-state index contributed by atoms with van der Waals surface area (Å²) < 4.78 is 0.389. The maximum atomic E-state index is 11.4. The van der Waals surface area contributed by atoms with Crippen LogP contribution in [0.2, 0.25) is 0 Å². The lowest BCUT2D eigenvalue weighted by molar-refractivity contribution is -0.382. The topological polar surface area (TPSA) is 73.1 Å². The SMILES string of the molecule is Cc1nc(=O)c2cccc([N+](=O)[O-])c2s1. The van der Waals surface area contributed by atoms with Crippen molar-refractivity contribution >= 4 is 27.1 Å². The number of benzene rings is 1. The number of nitro groups is 1. The van der Waals surface area contributed by atoms with Crippen LogP contribution in [0.1, 0.15) is 5.01 Å². The fraction of sp³-hybridized carbons (Fsp3) is 0.111. The number of hydrogen-bond donors (Lipinski definition) is 0. The van der Waals surface area contributed by atoms with Crippen LogP contribution in [0, 0.1) is 17.0 Å². The Balaban J connectivity index is 2.97. The lowest BCUT2D eigenvalue weighted by Crippen LogP contribution is -2.06. The van der Waals surface area contributed by atoms with Crippen LogP contribution in [0.4, 0.5) is 5.69 Å². The highest BCUT2D eigenvalue weighted by Gasteiger charge is 2.14. The van der Waals surface area contributed by atoms with Gasteiger partial charge in [0.25, 0.3) is 11.2 Å². The van der Waals surface area contributed by atoms with Gasteiger partial charge in [-0.3, -0.25) is 14.9 Å². The van der Waals surface area contributed by atoms with Crippen molar-refractivity contribution in [1.29, 1.82) is 0 Å². The molecule has 0 saturated heterocycles. The Morgan fingerprint density at radius 3 is 2.87 bits per heavy atom. The van der Waals surface area contributed by atoms with Gasteiger partial charge >= 0.3 is 0 Å². The lowest BCUT2D eigenvalue weighted by Gasteiger charge is -1.97. The summed E-state index contributed by atoms with van der Waals surface area (Å²) in [7, 11) is 0. The lowest BCUT2D eigenvalue weighted by atomic mass is 10.2. The first kappa shape index (κ1) is 9.72. The first-order valence-corrected chi connectivity index (χ1v) is 4.96. The molecule has 6 heteroatoms. The van der Waals surface area contributed by atoms with Gasteiger partial charge in [0.1, 0.15) is 4.70 Å². The van der Waals surface area contributed by atoms with E-state index in [2.05, 4.69) is 4.98 Å². The number of aryl methyl sites for hydroxylation is 1. The molecule has 1 aromatic heterocycles. The van der Waals surface area contributed by atoms with Gasteiger partial charge in [-0.1, -0.05) is 6.07 Å². The third-order valence-corrected chi connectivity index (χ3v) is 2.95. The molecule has 0 bridgehead atoms. The predicted octanol–water partition coefficient (Wildman–Crippen LogP) is 1.87. The molecule has 0 unspecified atom stereocenters. The molecule has 0 aliphatic heterocycles. The van der Waals surface area contributed by atoms with E-state index in [1.807, 2.05) is 0 Å². The van der Waals surface area contributed by atoms with Crippen molar-refractivity contribution in [2.75, 3.05) is 0 Å². The molecule has 0 N–H and O–H groups in total. The molecule has 5 nitrogen and oxygen atoms in total. The Morgan fingerprint density at radius 2 is 2.20 bits per heavy atom. The molecule has 0 saturated carbocycles. The van der Waals surface area contributed by atoms with E-state index in [1.165, 1.54) is 12.1 Å². The van der Waals surface area contributed by atoms with E-state index in [4.69, 9.17) is 0 Å². The highest BCUT2D eigenvalue weighted by atomic mass is 32.1. The Kier molecular flexibility index (Phi) is 2.20. The van der Waals surface area contributed by atoms with E-state index in [0.717, 1.165) is 11.3 Å². The number of nitrogens with zero attached hydrogens (tertiary/aromatic N) is 2. The zero-order valence-electron chi connectivity index (χ0n) is 7.76. The summed E-state index contributed by atoms with van der Waals surface area (Å²) in [6, 6.07) is 4.43. The van der Waals surface area contributed by atoms with Crippen LogP contribution < -0.4 is 5.56 Å². The van der Waals surface area contributed by atoms with Gasteiger partial charge in [0, 0.05) is 6.07 Å². The van der Waals surface area contributed by atoms with Crippen LogP contribution in [0.15, 0.2) is 23.0 Å². The van der Waals surface area contributed by atoms with Crippen molar-refractivity contribution in [3.05, 3.63) is 43.7 Å². The van der Waals surface area contributed by atoms with Crippen LogP contribution in [0.25, 0.3) is 10.1 Å². The maximum Gasteiger partial charge on any atom is 0.287 e. The smallest absolute Gasteiger partial charge is 0.267 e. The maximum absolute atomic E-state index is 11.4. The van der Waals surface area contributed by atoms with E-state index in [1.54, 1.807) is 13.0 Å². The van der Waals surface area contributed by atoms with E-state index in [9.17, 15) is 14.9 Å². The fourth-order valence-corrected chi connectivity index (χ4v) is 2.25. The van der Waals surface area contributed by atoms with Crippen LogP contribution in [0.3, 0.4) is 0 Å². The zero-order chi connectivity index (χ0) is 11.0. The summed E-state index contributed by atoms with van der Waals surface area (Å²) >= 11 is 1.16. The minimum Gasteiger partial charge on any atom is -0.267 e. The normalized spacial score (nSPS) is 10.5. The molecule has 76 valence electrons. The highest BCUT2D eigenvalue weighted by Crippen LogP contribution is 2.27. The van der Waals surface area contributed by atoms with Crippen molar-refractivity contribution in [3.8, 4) is 0 Å². The summed E-state index contributed by atoms with van der Waals surface area (Å²) in [5.41, 5.74) is -0.454. The number of aromatic nitrogens is 1. The van der Waals surface area contributed by atoms with Crippen molar-refractivity contribution in [1.82, 2.24) is 4.98 Å². The molecule has 2 aromatic rings. The number of hydrogen-bond acceptors (Lipinski definition) is 5. The number of rotatable bonds is 1. The minimum atomic E-state index is -0.488. The van der Waals surface area contributed by atoms with E-state index < -0.39 is 10.5 Å². The van der Waals surface area contributed by atoms with Gasteiger partial charge in [0.05, 0.1) is 15.3 Å². The van der Waals surface area contributed by atoms with Crippen molar-refractivity contribution in [3.63, 3.8) is 0 Å². The molecule has 0 aliphatic carbocycles. The second-order valence-corrected chi connectivity index (χ2v) is 4.15. The van der Waals surface area contributed by atoms with Crippen LogP contribution in [0.5, 0.6) is 0 Å². The first-order chi connectivity index (χ1) is 7.09. The number of fused-ring (bicyclic) bond motifs is 1. The van der Waals surface area contributed by atoms with Gasteiger partial charge in [-0.2, -0.15) is 0 Å². The Bertz CT molecular complexity index is 606. The summed E-state index contributed by atoms with van der Waals surface area (Å²) in [5.74, 6) is 0. The largest absolute Gasteiger partial charge is 0.287 e. The monoisotopic (exact) mass is 222 g/mol. The highest BCUT2D eigenvalue weighted by molar-refractivity contribution is 7.18. The molecule has 0 atom stereocenters. The van der Waals surface area contributed by atoms with E-state index >= 15 is 0 Å². The van der Waals surface area contributed by atoms with Crippen LogP contribution >= 0.6 is 11.3 Å². The van der Waals surface area contributed by atoms with Gasteiger partial charge in [0.2, 0.25) is 0 Å². The van der Waals surface area contributed by atoms with E-state index in [-0.39, 0.29) is 5.69 Å². The summed E-state index contributed by atoms with van der Waals surface area (Å²) in [6.45, 7) is 1.65. The molecular formula is C9H6N2O3S. The van der Waals surface area contributed by atoms with Crippen molar-refractivity contribution in [2.24, 2.45) is 0 Å². The summed E-state index contributed by atoms with van der Waals surface area (Å²) in [6.07, 6.45) is 0. The van der Waals surface area contributed by atoms with Gasteiger partial charge in [-0.05, 0) is 13.0 Å². The average Bonchev–Trinajstić information content (AvgIpc) is 2.16. The Labute approximate surface area is 88.2 Å². The molecule has 0 amide bonds. The van der Waals surface area contributed by atoms with Gasteiger partial charge in [-0.15, -0.1) is 11.3 Å². The van der Waals surface area contributed by atoms with Crippen molar-refractivity contribution < 1.29 is 4.92 Å². The molecule has 0 aliphatic rings. The molecule has 1 heterocycles. The third-order valence-electron chi connectivity index (χ3n) is 1.93. The molecule has 0 spiro atoms. The number of non-ortho nitro benzene ring substituents is 1. The van der Waals surface area contributed by atoms with Gasteiger partial charge < -0.3 is 0 Å². The third kappa shape index (κ3) is 1.59. The Morgan fingerprint density at radius 1 is 1.47 bits per heavy atom. The quantitative estimate of drug-likeness (QED) is 0.545. The second kappa shape index (κ2) is 3.39. The summed E-state index contributed by atoms with van der Waals surface area (Å²) in [4.78, 5) is 25.4.